The molecule has 3 rings (SSSR count). The normalized spacial score (nSPS) is 12.3. The van der Waals surface area contributed by atoms with Crippen molar-refractivity contribution in [2.45, 2.75) is 26.3 Å². The molecule has 0 unspecified atom stereocenters. The van der Waals surface area contributed by atoms with Crippen molar-refractivity contribution in [3.05, 3.63) is 46.5 Å². The zero-order valence-corrected chi connectivity index (χ0v) is 13.8. The van der Waals surface area contributed by atoms with Crippen molar-refractivity contribution in [3.63, 3.8) is 0 Å². The lowest BCUT2D eigenvalue weighted by Crippen LogP contribution is -2.19. The van der Waals surface area contributed by atoms with Gasteiger partial charge in [0, 0.05) is 31.0 Å². The number of aromatic nitrogens is 4. The highest BCUT2D eigenvalue weighted by Gasteiger charge is 2.10. The van der Waals surface area contributed by atoms with Crippen LogP contribution in [-0.2, 0) is 13.5 Å². The van der Waals surface area contributed by atoms with E-state index in [4.69, 9.17) is 0 Å². The Bertz CT molecular complexity index is 748. The molecule has 0 fully saturated rings. The van der Waals surface area contributed by atoms with Gasteiger partial charge in [0.25, 0.3) is 0 Å². The number of rotatable bonds is 5. The van der Waals surface area contributed by atoms with E-state index < -0.39 is 0 Å². The first-order valence-corrected chi connectivity index (χ1v) is 8.17. The first-order valence-electron chi connectivity index (χ1n) is 7.23. The predicted molar refractivity (Wildman–Crippen MR) is 90.1 cm³/mol. The summed E-state index contributed by atoms with van der Waals surface area (Å²) in [6.45, 7) is 4.13. The van der Waals surface area contributed by atoms with Crippen LogP contribution in [0, 0.1) is 6.92 Å². The van der Waals surface area contributed by atoms with Gasteiger partial charge in [0.2, 0.25) is 5.95 Å². The standard InChI is InChI=1S/C16H19N5S/c1-11(8-13-5-7-22-10-13)18-16-17-6-4-15(19-16)14-9-21(3)20-12(14)2/h4-7,9-11H,8H2,1-3H3,(H,17,18,19)/t11-/m1/s1. The Hall–Kier alpha value is -2.21. The van der Waals surface area contributed by atoms with Crippen molar-refractivity contribution in [2.24, 2.45) is 7.05 Å². The van der Waals surface area contributed by atoms with E-state index in [9.17, 15) is 0 Å². The van der Waals surface area contributed by atoms with Crippen molar-refractivity contribution in [1.29, 1.82) is 0 Å². The Balaban J connectivity index is 1.75. The van der Waals surface area contributed by atoms with Crippen molar-refractivity contribution in [3.8, 4) is 11.3 Å². The second kappa shape index (κ2) is 6.27. The van der Waals surface area contributed by atoms with E-state index in [1.807, 2.05) is 26.2 Å². The molecule has 3 aromatic heterocycles. The fourth-order valence-electron chi connectivity index (χ4n) is 2.46. The fourth-order valence-corrected chi connectivity index (χ4v) is 3.14. The Morgan fingerprint density at radius 2 is 2.23 bits per heavy atom. The van der Waals surface area contributed by atoms with Gasteiger partial charge in [0.1, 0.15) is 0 Å². The zero-order chi connectivity index (χ0) is 15.5. The number of nitrogens with zero attached hydrogens (tertiary/aromatic N) is 4. The topological polar surface area (TPSA) is 55.6 Å². The quantitative estimate of drug-likeness (QED) is 0.785. The summed E-state index contributed by atoms with van der Waals surface area (Å²) in [5, 5.41) is 12.0. The summed E-state index contributed by atoms with van der Waals surface area (Å²) in [6, 6.07) is 4.34. The Morgan fingerprint density at radius 3 is 2.91 bits per heavy atom. The van der Waals surface area contributed by atoms with Crippen molar-refractivity contribution < 1.29 is 0 Å². The number of aryl methyl sites for hydroxylation is 2. The molecule has 0 spiro atoms. The average molecular weight is 313 g/mol. The molecular formula is C16H19N5S. The second-order valence-electron chi connectivity index (χ2n) is 5.45. The Morgan fingerprint density at radius 1 is 1.36 bits per heavy atom. The van der Waals surface area contributed by atoms with Crippen LogP contribution in [0.15, 0.2) is 35.3 Å². The first-order chi connectivity index (χ1) is 10.6. The van der Waals surface area contributed by atoms with E-state index in [0.717, 1.165) is 23.4 Å². The smallest absolute Gasteiger partial charge is 0.223 e. The monoisotopic (exact) mass is 313 g/mol. The largest absolute Gasteiger partial charge is 0.351 e. The second-order valence-corrected chi connectivity index (χ2v) is 6.23. The maximum absolute atomic E-state index is 4.61. The number of hydrogen-bond donors (Lipinski definition) is 1. The van der Waals surface area contributed by atoms with E-state index in [1.54, 1.807) is 22.2 Å². The van der Waals surface area contributed by atoms with Gasteiger partial charge in [0.05, 0.1) is 11.4 Å². The van der Waals surface area contributed by atoms with Crippen LogP contribution in [0.4, 0.5) is 5.95 Å². The van der Waals surface area contributed by atoms with Gasteiger partial charge < -0.3 is 5.32 Å². The average Bonchev–Trinajstić information content (AvgIpc) is 3.08. The summed E-state index contributed by atoms with van der Waals surface area (Å²) in [7, 11) is 1.92. The molecule has 0 aliphatic rings. The summed E-state index contributed by atoms with van der Waals surface area (Å²) < 4.78 is 1.80. The SMILES string of the molecule is Cc1nn(C)cc1-c1ccnc(N[C@H](C)Cc2ccsc2)n1. The van der Waals surface area contributed by atoms with Crippen LogP contribution in [0.5, 0.6) is 0 Å². The molecule has 1 atom stereocenters. The van der Waals surface area contributed by atoms with Crippen LogP contribution in [-0.4, -0.2) is 25.8 Å². The van der Waals surface area contributed by atoms with Crippen molar-refractivity contribution in [1.82, 2.24) is 19.7 Å². The van der Waals surface area contributed by atoms with Gasteiger partial charge in [0.15, 0.2) is 0 Å². The number of nitrogens with one attached hydrogen (secondary N) is 1. The fraction of sp³-hybridized carbons (Fsp3) is 0.312. The van der Waals surface area contributed by atoms with Gasteiger partial charge in [-0.25, -0.2) is 9.97 Å². The highest BCUT2D eigenvalue weighted by atomic mass is 32.1. The highest BCUT2D eigenvalue weighted by Crippen LogP contribution is 2.21. The number of anilines is 1. The van der Waals surface area contributed by atoms with Gasteiger partial charge in [-0.2, -0.15) is 16.4 Å². The van der Waals surface area contributed by atoms with Crippen molar-refractivity contribution in [2.75, 3.05) is 5.32 Å². The lowest BCUT2D eigenvalue weighted by atomic mass is 10.1. The molecule has 1 N–H and O–H groups in total. The van der Waals surface area contributed by atoms with Crippen LogP contribution in [0.25, 0.3) is 11.3 Å². The summed E-state index contributed by atoms with van der Waals surface area (Å²) in [4.78, 5) is 8.94. The van der Waals surface area contributed by atoms with E-state index in [0.29, 0.717) is 5.95 Å². The molecule has 0 amide bonds. The summed E-state index contributed by atoms with van der Waals surface area (Å²) in [5.41, 5.74) is 4.24. The summed E-state index contributed by atoms with van der Waals surface area (Å²) in [6.07, 6.45) is 4.73. The summed E-state index contributed by atoms with van der Waals surface area (Å²) >= 11 is 1.72. The molecule has 0 aliphatic carbocycles. The van der Waals surface area contributed by atoms with E-state index >= 15 is 0 Å². The molecule has 0 bridgehead atoms. The lowest BCUT2D eigenvalue weighted by Gasteiger charge is -2.13. The lowest BCUT2D eigenvalue weighted by molar-refractivity contribution is 0.756. The highest BCUT2D eigenvalue weighted by molar-refractivity contribution is 7.07. The maximum atomic E-state index is 4.61. The van der Waals surface area contributed by atoms with Crippen molar-refractivity contribution >= 4 is 17.3 Å². The molecule has 0 saturated carbocycles. The summed E-state index contributed by atoms with van der Waals surface area (Å²) in [5.74, 6) is 0.656. The van der Waals surface area contributed by atoms with Gasteiger partial charge in [-0.1, -0.05) is 0 Å². The molecule has 0 aliphatic heterocycles. The molecule has 22 heavy (non-hydrogen) atoms. The van der Waals surface area contributed by atoms with E-state index in [1.165, 1.54) is 5.56 Å². The number of hydrogen-bond acceptors (Lipinski definition) is 5. The molecule has 5 nitrogen and oxygen atoms in total. The van der Waals surface area contributed by atoms with Crippen LogP contribution in [0.2, 0.25) is 0 Å². The minimum atomic E-state index is 0.278. The predicted octanol–water partition coefficient (Wildman–Crippen LogP) is 3.29. The molecule has 6 heteroatoms. The van der Waals surface area contributed by atoms with Crippen LogP contribution in [0.3, 0.4) is 0 Å². The van der Waals surface area contributed by atoms with Gasteiger partial charge in [-0.15, -0.1) is 0 Å². The first kappa shape index (κ1) is 14.7. The van der Waals surface area contributed by atoms with Crippen LogP contribution in [0.1, 0.15) is 18.2 Å². The minimum absolute atomic E-state index is 0.278. The molecule has 0 radical (unpaired) electrons. The minimum Gasteiger partial charge on any atom is -0.351 e. The Kier molecular flexibility index (Phi) is 4.20. The third kappa shape index (κ3) is 3.33. The van der Waals surface area contributed by atoms with Crippen LogP contribution >= 0.6 is 11.3 Å². The molecule has 0 saturated heterocycles. The third-order valence-electron chi connectivity index (χ3n) is 3.44. The van der Waals surface area contributed by atoms with Crippen LogP contribution < -0.4 is 5.32 Å². The molecule has 3 aromatic rings. The Labute approximate surface area is 134 Å². The molecule has 0 aromatic carbocycles. The molecule has 114 valence electrons. The van der Waals surface area contributed by atoms with Gasteiger partial charge >= 0.3 is 0 Å². The molecule has 3 heterocycles. The van der Waals surface area contributed by atoms with E-state index in [-0.39, 0.29) is 6.04 Å². The zero-order valence-electron chi connectivity index (χ0n) is 12.9. The van der Waals surface area contributed by atoms with Gasteiger partial charge in [-0.3, -0.25) is 4.68 Å². The van der Waals surface area contributed by atoms with Gasteiger partial charge in [-0.05, 0) is 48.7 Å². The number of thiophene rings is 1. The molecular weight excluding hydrogens is 294 g/mol. The maximum Gasteiger partial charge on any atom is 0.223 e. The third-order valence-corrected chi connectivity index (χ3v) is 4.17. The van der Waals surface area contributed by atoms with E-state index in [2.05, 4.69) is 44.1 Å².